The molecule has 0 atom stereocenters. The molecule has 0 aromatic carbocycles. The summed E-state index contributed by atoms with van der Waals surface area (Å²) in [5.74, 6) is 0.974. The van der Waals surface area contributed by atoms with Gasteiger partial charge in [0, 0.05) is 32.9 Å². The summed E-state index contributed by atoms with van der Waals surface area (Å²) in [5.41, 5.74) is 1.24. The van der Waals surface area contributed by atoms with Crippen LogP contribution in [0, 0.1) is 0 Å². The van der Waals surface area contributed by atoms with Crippen molar-refractivity contribution in [2.45, 2.75) is 13.5 Å². The van der Waals surface area contributed by atoms with E-state index in [0.717, 1.165) is 32.0 Å². The number of methoxy groups -OCH3 is 1. The summed E-state index contributed by atoms with van der Waals surface area (Å²) in [6.07, 6.45) is 3.74. The van der Waals surface area contributed by atoms with Gasteiger partial charge in [-0.15, -0.1) is 6.58 Å². The van der Waals surface area contributed by atoms with Gasteiger partial charge in [0.05, 0.1) is 6.61 Å². The summed E-state index contributed by atoms with van der Waals surface area (Å²) in [6.45, 7) is 10.0. The Bertz CT molecular complexity index is 355. The predicted octanol–water partition coefficient (Wildman–Crippen LogP) is 1.83. The summed E-state index contributed by atoms with van der Waals surface area (Å²) in [6, 6.07) is 4.15. The Morgan fingerprint density at radius 1 is 1.56 bits per heavy atom. The van der Waals surface area contributed by atoms with Crippen LogP contribution in [0.3, 0.4) is 0 Å². The zero-order valence-electron chi connectivity index (χ0n) is 11.4. The molecule has 0 bridgehead atoms. The maximum atomic E-state index is 5.12. The van der Waals surface area contributed by atoms with Gasteiger partial charge in [0.15, 0.2) is 0 Å². The lowest BCUT2D eigenvalue weighted by molar-refractivity contribution is 0.205. The van der Waals surface area contributed by atoms with E-state index in [-0.39, 0.29) is 0 Å². The molecular formula is C14H23N3O. The van der Waals surface area contributed by atoms with Crippen molar-refractivity contribution >= 4 is 5.82 Å². The van der Waals surface area contributed by atoms with Crippen LogP contribution in [0.4, 0.5) is 5.82 Å². The molecule has 0 spiro atoms. The normalized spacial score (nSPS) is 10.3. The molecule has 0 amide bonds. The second kappa shape index (κ2) is 8.66. The van der Waals surface area contributed by atoms with Crippen LogP contribution in [-0.2, 0) is 11.3 Å². The van der Waals surface area contributed by atoms with Crippen LogP contribution < -0.4 is 10.2 Å². The largest absolute Gasteiger partial charge is 0.383 e. The third kappa shape index (κ3) is 4.85. The van der Waals surface area contributed by atoms with E-state index in [2.05, 4.69) is 34.8 Å². The third-order valence-electron chi connectivity index (χ3n) is 2.63. The van der Waals surface area contributed by atoms with Crippen LogP contribution in [0.1, 0.15) is 12.5 Å². The first-order valence-corrected chi connectivity index (χ1v) is 6.32. The number of nitrogens with zero attached hydrogens (tertiary/aromatic N) is 2. The van der Waals surface area contributed by atoms with Crippen molar-refractivity contribution in [3.05, 3.63) is 36.5 Å². The van der Waals surface area contributed by atoms with Crippen LogP contribution in [0.25, 0.3) is 0 Å². The minimum Gasteiger partial charge on any atom is -0.383 e. The number of ether oxygens (including phenoxy) is 1. The van der Waals surface area contributed by atoms with Gasteiger partial charge < -0.3 is 15.0 Å². The van der Waals surface area contributed by atoms with Crippen LogP contribution in [-0.4, -0.2) is 38.3 Å². The van der Waals surface area contributed by atoms with Crippen LogP contribution in [0.5, 0.6) is 0 Å². The Morgan fingerprint density at radius 3 is 3.06 bits per heavy atom. The molecule has 1 aromatic rings. The van der Waals surface area contributed by atoms with Crippen molar-refractivity contribution in [2.75, 3.05) is 38.3 Å². The summed E-state index contributed by atoms with van der Waals surface area (Å²) in [4.78, 5) is 6.57. The van der Waals surface area contributed by atoms with Crippen molar-refractivity contribution in [1.29, 1.82) is 0 Å². The highest BCUT2D eigenvalue weighted by molar-refractivity contribution is 5.41. The van der Waals surface area contributed by atoms with E-state index in [1.165, 1.54) is 5.56 Å². The number of nitrogens with one attached hydrogen (secondary N) is 1. The Kier molecular flexibility index (Phi) is 7.06. The molecule has 1 N–H and O–H groups in total. The second-order valence-corrected chi connectivity index (χ2v) is 4.03. The molecule has 0 aliphatic rings. The van der Waals surface area contributed by atoms with Crippen LogP contribution in [0.15, 0.2) is 31.0 Å². The molecule has 100 valence electrons. The highest BCUT2D eigenvalue weighted by atomic mass is 16.5. The highest BCUT2D eigenvalue weighted by Crippen LogP contribution is 2.12. The molecule has 1 aromatic heterocycles. The average Bonchev–Trinajstić information content (AvgIpc) is 2.41. The van der Waals surface area contributed by atoms with Gasteiger partial charge in [0.25, 0.3) is 0 Å². The smallest absolute Gasteiger partial charge is 0.129 e. The zero-order valence-corrected chi connectivity index (χ0v) is 11.4. The first-order chi connectivity index (χ1) is 8.81. The molecule has 4 heteroatoms. The van der Waals surface area contributed by atoms with E-state index < -0.39 is 0 Å². The van der Waals surface area contributed by atoms with Gasteiger partial charge in [0.1, 0.15) is 5.82 Å². The lowest BCUT2D eigenvalue weighted by Gasteiger charge is -2.22. The Morgan fingerprint density at radius 2 is 2.39 bits per heavy atom. The summed E-state index contributed by atoms with van der Waals surface area (Å²) < 4.78 is 5.12. The molecule has 0 fully saturated rings. The van der Waals surface area contributed by atoms with E-state index >= 15 is 0 Å². The Labute approximate surface area is 110 Å². The van der Waals surface area contributed by atoms with E-state index in [9.17, 15) is 0 Å². The molecule has 0 aliphatic heterocycles. The SMILES string of the molecule is C=CCN(CCOC)c1cc(CNCC)ccn1. The maximum Gasteiger partial charge on any atom is 0.129 e. The standard InChI is InChI=1S/C14H23N3O/c1-4-8-17(9-10-18-3)14-11-13(6-7-16-14)12-15-5-2/h4,6-7,11,15H,1,5,8-10,12H2,2-3H3. The monoisotopic (exact) mass is 249 g/mol. The quantitative estimate of drug-likeness (QED) is 0.678. The van der Waals surface area contributed by atoms with E-state index in [4.69, 9.17) is 4.74 Å². The first-order valence-electron chi connectivity index (χ1n) is 6.32. The Hall–Kier alpha value is -1.39. The maximum absolute atomic E-state index is 5.12. The fourth-order valence-corrected chi connectivity index (χ4v) is 1.67. The zero-order chi connectivity index (χ0) is 13.2. The summed E-state index contributed by atoms with van der Waals surface area (Å²) in [5, 5.41) is 3.31. The molecule has 4 nitrogen and oxygen atoms in total. The van der Waals surface area contributed by atoms with Gasteiger partial charge in [-0.05, 0) is 24.2 Å². The van der Waals surface area contributed by atoms with Crippen molar-refractivity contribution in [3.8, 4) is 0 Å². The lowest BCUT2D eigenvalue weighted by Crippen LogP contribution is -2.28. The molecule has 0 aliphatic carbocycles. The van der Waals surface area contributed by atoms with Crippen molar-refractivity contribution in [2.24, 2.45) is 0 Å². The topological polar surface area (TPSA) is 37.4 Å². The summed E-state index contributed by atoms with van der Waals surface area (Å²) in [7, 11) is 1.71. The number of hydrogen-bond acceptors (Lipinski definition) is 4. The van der Waals surface area contributed by atoms with Gasteiger partial charge in [-0.1, -0.05) is 13.0 Å². The average molecular weight is 249 g/mol. The van der Waals surface area contributed by atoms with Gasteiger partial charge in [-0.2, -0.15) is 0 Å². The fourth-order valence-electron chi connectivity index (χ4n) is 1.67. The molecular weight excluding hydrogens is 226 g/mol. The molecule has 1 heterocycles. The van der Waals surface area contributed by atoms with Crippen LogP contribution in [0.2, 0.25) is 0 Å². The molecule has 0 radical (unpaired) electrons. The van der Waals surface area contributed by atoms with Crippen molar-refractivity contribution < 1.29 is 4.74 Å². The number of pyridine rings is 1. The van der Waals surface area contributed by atoms with Crippen molar-refractivity contribution in [3.63, 3.8) is 0 Å². The molecule has 0 saturated heterocycles. The molecule has 18 heavy (non-hydrogen) atoms. The molecule has 0 saturated carbocycles. The second-order valence-electron chi connectivity index (χ2n) is 4.03. The summed E-state index contributed by atoms with van der Waals surface area (Å²) >= 11 is 0. The van der Waals surface area contributed by atoms with Crippen LogP contribution >= 0.6 is 0 Å². The fraction of sp³-hybridized carbons (Fsp3) is 0.500. The van der Waals surface area contributed by atoms with Gasteiger partial charge in [-0.3, -0.25) is 0 Å². The predicted molar refractivity (Wildman–Crippen MR) is 75.9 cm³/mol. The number of hydrogen-bond donors (Lipinski definition) is 1. The third-order valence-corrected chi connectivity index (χ3v) is 2.63. The van der Waals surface area contributed by atoms with Gasteiger partial charge in [-0.25, -0.2) is 4.98 Å². The van der Waals surface area contributed by atoms with Gasteiger partial charge >= 0.3 is 0 Å². The van der Waals surface area contributed by atoms with Crippen molar-refractivity contribution in [1.82, 2.24) is 10.3 Å². The number of anilines is 1. The van der Waals surface area contributed by atoms with E-state index in [1.807, 2.05) is 18.3 Å². The number of aromatic nitrogens is 1. The Balaban J connectivity index is 2.73. The number of rotatable bonds is 9. The van der Waals surface area contributed by atoms with Gasteiger partial charge in [0.2, 0.25) is 0 Å². The lowest BCUT2D eigenvalue weighted by atomic mass is 10.2. The highest BCUT2D eigenvalue weighted by Gasteiger charge is 2.06. The molecule has 0 unspecified atom stereocenters. The van der Waals surface area contributed by atoms with E-state index in [0.29, 0.717) is 6.61 Å². The first kappa shape index (κ1) is 14.7. The minimum absolute atomic E-state index is 0.687. The molecule has 1 rings (SSSR count). The van der Waals surface area contributed by atoms with E-state index in [1.54, 1.807) is 7.11 Å². The minimum atomic E-state index is 0.687.